The number of ether oxygens (including phenoxy) is 2. The molecule has 5 aromatic rings. The summed E-state index contributed by atoms with van der Waals surface area (Å²) < 4.78 is 10.7. The number of hydrogen-bond donors (Lipinski definition) is 3. The Morgan fingerprint density at radius 2 is 1.40 bits per heavy atom. The minimum Gasteiger partial charge on any atom is -0.804 e. The number of alkyl carbamates (subject to hydrolysis) is 1. The van der Waals surface area contributed by atoms with Gasteiger partial charge < -0.3 is 29.9 Å². The maximum Gasteiger partial charge on any atom is 0.408 e. The molecule has 2 atom stereocenters. The Kier molecular flexibility index (Phi) is 10.3. The molecule has 0 bridgehead atoms. The van der Waals surface area contributed by atoms with E-state index in [0.717, 1.165) is 21.9 Å². The van der Waals surface area contributed by atoms with Crippen LogP contribution in [-0.4, -0.2) is 35.5 Å². The van der Waals surface area contributed by atoms with Crippen LogP contribution in [0.3, 0.4) is 0 Å². The monoisotopic (exact) mass is 621 g/mol. The molecule has 0 heterocycles. The molecule has 0 saturated heterocycles. The van der Waals surface area contributed by atoms with Crippen LogP contribution in [0.2, 0.25) is 0 Å². The molecule has 1 unspecified atom stereocenters. The van der Waals surface area contributed by atoms with Crippen molar-refractivity contribution in [1.82, 2.24) is 10.6 Å². The third kappa shape index (κ3) is 8.40. The van der Waals surface area contributed by atoms with Crippen LogP contribution >= 0.6 is 7.34 Å². The molecule has 3 N–H and O–H groups in total. The first-order chi connectivity index (χ1) is 21.8. The fraction of sp³-hybridized carbons (Fsp3) is 0.139. The van der Waals surface area contributed by atoms with Gasteiger partial charge in [-0.3, -0.25) is 4.79 Å². The van der Waals surface area contributed by atoms with Gasteiger partial charge in [0.2, 0.25) is 5.91 Å². The van der Waals surface area contributed by atoms with E-state index in [-0.39, 0.29) is 30.2 Å². The van der Waals surface area contributed by atoms with Crippen LogP contribution in [0, 0.1) is 0 Å². The molecule has 0 aliphatic heterocycles. The quantitative estimate of drug-likeness (QED) is 0.184. The highest BCUT2D eigenvalue weighted by Crippen LogP contribution is 2.33. The fourth-order valence-corrected chi connectivity index (χ4v) is 6.44. The lowest BCUT2D eigenvalue weighted by atomic mass is 10.0. The van der Waals surface area contributed by atoms with Crippen molar-refractivity contribution in [3.8, 4) is 5.75 Å². The second-order valence-electron chi connectivity index (χ2n) is 10.5. The van der Waals surface area contributed by atoms with E-state index >= 15 is 0 Å². The van der Waals surface area contributed by atoms with E-state index in [9.17, 15) is 19.4 Å². The summed E-state index contributed by atoms with van der Waals surface area (Å²) in [5.74, 6) is -0.0122. The van der Waals surface area contributed by atoms with Gasteiger partial charge >= 0.3 is 6.09 Å². The Labute approximate surface area is 262 Å². The van der Waals surface area contributed by atoms with Crippen molar-refractivity contribution in [1.29, 1.82) is 0 Å². The smallest absolute Gasteiger partial charge is 0.408 e. The summed E-state index contributed by atoms with van der Waals surface area (Å²) in [5, 5.41) is 7.61. The summed E-state index contributed by atoms with van der Waals surface area (Å²) in [7, 11) is -2.67. The molecular formula is C36H34N2O6P-. The molecule has 9 heteroatoms. The Morgan fingerprint density at radius 3 is 2.09 bits per heavy atom. The second kappa shape index (κ2) is 14.7. The predicted octanol–water partition coefficient (Wildman–Crippen LogP) is 4.70. The summed E-state index contributed by atoms with van der Waals surface area (Å²) in [6, 6.07) is 36.9. The van der Waals surface area contributed by atoms with Gasteiger partial charge in [-0.2, -0.15) is 0 Å². The topological polar surface area (TPSA) is 120 Å². The van der Waals surface area contributed by atoms with Crippen molar-refractivity contribution in [2.24, 2.45) is 0 Å². The van der Waals surface area contributed by atoms with E-state index in [1.165, 1.54) is 0 Å². The lowest BCUT2D eigenvalue weighted by Crippen LogP contribution is -2.51. The van der Waals surface area contributed by atoms with Crippen molar-refractivity contribution in [3.63, 3.8) is 0 Å². The summed E-state index contributed by atoms with van der Waals surface area (Å²) >= 11 is 0. The van der Waals surface area contributed by atoms with E-state index in [0.29, 0.717) is 11.3 Å². The van der Waals surface area contributed by atoms with Crippen LogP contribution in [0.4, 0.5) is 4.79 Å². The molecule has 0 radical (unpaired) electrons. The first-order valence-electron chi connectivity index (χ1n) is 14.5. The van der Waals surface area contributed by atoms with Crippen LogP contribution < -0.4 is 25.6 Å². The van der Waals surface area contributed by atoms with Gasteiger partial charge in [0.1, 0.15) is 18.4 Å². The molecule has 0 spiro atoms. The average molecular weight is 622 g/mol. The number of benzene rings is 5. The molecule has 0 fully saturated rings. The highest BCUT2D eigenvalue weighted by atomic mass is 31.2. The van der Waals surface area contributed by atoms with E-state index in [2.05, 4.69) is 10.6 Å². The molecule has 2 amide bonds. The first-order valence-corrected chi connectivity index (χ1v) is 16.1. The molecule has 0 aliphatic carbocycles. The highest BCUT2D eigenvalue weighted by molar-refractivity contribution is 7.71. The molecule has 0 aromatic heterocycles. The van der Waals surface area contributed by atoms with Crippen molar-refractivity contribution in [3.05, 3.63) is 144 Å². The number of amides is 2. The average Bonchev–Trinajstić information content (AvgIpc) is 3.08. The van der Waals surface area contributed by atoms with Gasteiger partial charge in [0, 0.05) is 18.3 Å². The van der Waals surface area contributed by atoms with Gasteiger partial charge in [-0.05, 0) is 52.2 Å². The van der Waals surface area contributed by atoms with Gasteiger partial charge in [0.25, 0.3) is 0 Å². The molecule has 8 nitrogen and oxygen atoms in total. The molecule has 5 rings (SSSR count). The maximum atomic E-state index is 14.0. The Hall–Kier alpha value is -4.88. The first kappa shape index (κ1) is 31.5. The van der Waals surface area contributed by atoms with Crippen LogP contribution in [0.25, 0.3) is 10.8 Å². The SMILES string of the molecule is COc1ccc(CC(NC(=O)[C@@H](Cc2ccc3ccccc3c2)NC(=O)OCc2ccccc2)=P([O-])(O)c2ccccc2)cc1. The number of hydrogen-bond acceptors (Lipinski definition) is 6. The Bertz CT molecular complexity index is 1800. The summed E-state index contributed by atoms with van der Waals surface area (Å²) in [4.78, 5) is 52.3. The van der Waals surface area contributed by atoms with Gasteiger partial charge in [0.05, 0.1) is 7.11 Å². The highest BCUT2D eigenvalue weighted by Gasteiger charge is 2.25. The van der Waals surface area contributed by atoms with Crippen LogP contribution in [0.15, 0.2) is 127 Å². The van der Waals surface area contributed by atoms with Gasteiger partial charge in [0.15, 0.2) is 0 Å². The number of carbonyl (C=O) groups excluding carboxylic acids is 2. The normalized spacial score (nSPS) is 12.9. The number of nitrogens with one attached hydrogen (secondary N) is 2. The van der Waals surface area contributed by atoms with Crippen molar-refractivity contribution >= 4 is 40.8 Å². The number of carbonyl (C=O) groups is 2. The van der Waals surface area contributed by atoms with Gasteiger partial charge in [-0.15, -0.1) is 0 Å². The maximum absolute atomic E-state index is 14.0. The summed E-state index contributed by atoms with van der Waals surface area (Å²) in [5.41, 5.74) is 2.20. The molecule has 230 valence electrons. The van der Waals surface area contributed by atoms with Gasteiger partial charge in [-0.1, -0.05) is 115 Å². The minimum atomic E-state index is -4.23. The van der Waals surface area contributed by atoms with E-state index in [4.69, 9.17) is 9.47 Å². The van der Waals surface area contributed by atoms with Crippen molar-refractivity contribution in [2.75, 3.05) is 7.11 Å². The van der Waals surface area contributed by atoms with Crippen LogP contribution in [0.1, 0.15) is 16.7 Å². The van der Waals surface area contributed by atoms with E-state index in [1.54, 1.807) is 61.7 Å². The summed E-state index contributed by atoms with van der Waals surface area (Å²) in [6.07, 6.45) is -0.681. The second-order valence-corrected chi connectivity index (χ2v) is 12.7. The van der Waals surface area contributed by atoms with Crippen LogP contribution in [-0.2, 0) is 29.0 Å². The third-order valence-corrected chi connectivity index (χ3v) is 9.34. The lowest BCUT2D eigenvalue weighted by Gasteiger charge is -2.32. The number of fused-ring (bicyclic) bond motifs is 1. The van der Waals surface area contributed by atoms with E-state index in [1.807, 2.05) is 72.8 Å². The zero-order chi connectivity index (χ0) is 31.6. The zero-order valence-corrected chi connectivity index (χ0v) is 25.7. The largest absolute Gasteiger partial charge is 0.804 e. The molecule has 5 aromatic carbocycles. The molecular weight excluding hydrogens is 587 g/mol. The molecule has 0 saturated carbocycles. The standard InChI is InChI=1S/C36H34N2O6P/c1-43-31-20-17-26(18-21-31)24-34(45(41,42)32-14-6-3-7-15-32)38-35(39)33(37-36(40)44-25-27-10-4-2-5-11-27)23-28-16-19-29-12-8-9-13-30(29)22-28/h2-22,33H,23-25H2,1H3,(H3-,37,38,39,40,41,42)/q-1/t33-/m1/s1. The fourth-order valence-electron chi connectivity index (χ4n) is 4.90. The van der Waals surface area contributed by atoms with Gasteiger partial charge in [-0.25, -0.2) is 4.79 Å². The third-order valence-electron chi connectivity index (χ3n) is 7.35. The van der Waals surface area contributed by atoms with Crippen molar-refractivity contribution < 1.29 is 28.8 Å². The molecule has 45 heavy (non-hydrogen) atoms. The zero-order valence-electron chi connectivity index (χ0n) is 24.8. The van der Waals surface area contributed by atoms with Crippen molar-refractivity contribution in [2.45, 2.75) is 25.5 Å². The lowest BCUT2D eigenvalue weighted by molar-refractivity contribution is -0.175. The number of rotatable bonds is 11. The minimum absolute atomic E-state index is 0.0143. The van der Waals surface area contributed by atoms with Crippen LogP contribution in [0.5, 0.6) is 5.75 Å². The predicted molar refractivity (Wildman–Crippen MR) is 176 cm³/mol. The number of methoxy groups -OCH3 is 1. The Morgan fingerprint density at radius 1 is 0.778 bits per heavy atom. The Balaban J connectivity index is 1.45. The summed E-state index contributed by atoms with van der Waals surface area (Å²) in [6.45, 7) is 0.0195. The van der Waals surface area contributed by atoms with E-state index < -0.39 is 25.4 Å². The molecule has 0 aliphatic rings.